The van der Waals surface area contributed by atoms with Crippen molar-refractivity contribution in [2.24, 2.45) is 0 Å². The van der Waals surface area contributed by atoms with Crippen LogP contribution in [0.4, 0.5) is 0 Å². The Balaban J connectivity index is 3.11. The van der Waals surface area contributed by atoms with E-state index in [2.05, 4.69) is 9.47 Å². The molecule has 0 aliphatic carbocycles. The molecule has 0 spiro atoms. The van der Waals surface area contributed by atoms with Gasteiger partial charge in [0, 0.05) is 6.61 Å². The van der Waals surface area contributed by atoms with Crippen molar-refractivity contribution >= 4 is 11.9 Å². The third-order valence-corrected chi connectivity index (χ3v) is 2.39. The lowest BCUT2D eigenvalue weighted by atomic mass is 10.0. The highest BCUT2D eigenvalue weighted by molar-refractivity contribution is 5.94. The number of benzene rings is 1. The minimum atomic E-state index is -0.457. The Morgan fingerprint density at radius 3 is 2.33 bits per heavy atom. The molecular weight excluding hydrogens is 236 g/mol. The van der Waals surface area contributed by atoms with Crippen molar-refractivity contribution in [1.29, 1.82) is 0 Å². The molecule has 5 heteroatoms. The Morgan fingerprint density at radius 2 is 1.78 bits per heavy atom. The predicted molar refractivity (Wildman–Crippen MR) is 64.5 cm³/mol. The van der Waals surface area contributed by atoms with Crippen molar-refractivity contribution in [1.82, 2.24) is 0 Å². The predicted octanol–water partition coefficient (Wildman–Crippen LogP) is 1.80. The molecule has 5 nitrogen and oxygen atoms in total. The molecule has 18 heavy (non-hydrogen) atoms. The van der Waals surface area contributed by atoms with Gasteiger partial charge in [-0.15, -0.1) is 0 Å². The standard InChI is InChI=1S/C13H16O5/c1-4-18-8-10-7-9(12(14)16-2)5-6-11(10)13(15)17-3/h5-7H,4,8H2,1-3H3. The van der Waals surface area contributed by atoms with Crippen LogP contribution in [-0.2, 0) is 20.8 Å². The van der Waals surface area contributed by atoms with E-state index in [1.165, 1.54) is 26.4 Å². The molecule has 0 aromatic heterocycles. The summed E-state index contributed by atoms with van der Waals surface area (Å²) in [7, 11) is 2.61. The first-order valence-corrected chi connectivity index (χ1v) is 5.51. The number of carbonyl (C=O) groups is 2. The van der Waals surface area contributed by atoms with E-state index in [-0.39, 0.29) is 6.61 Å². The number of rotatable bonds is 5. The Labute approximate surface area is 106 Å². The fourth-order valence-corrected chi connectivity index (χ4v) is 1.48. The monoisotopic (exact) mass is 252 g/mol. The second-order valence-corrected chi connectivity index (χ2v) is 3.49. The van der Waals surface area contributed by atoms with Crippen LogP contribution in [0.2, 0.25) is 0 Å². The molecule has 1 rings (SSSR count). The maximum absolute atomic E-state index is 11.6. The van der Waals surface area contributed by atoms with E-state index in [4.69, 9.17) is 4.74 Å². The van der Waals surface area contributed by atoms with Gasteiger partial charge in [0.15, 0.2) is 0 Å². The molecule has 0 fully saturated rings. The first kappa shape index (κ1) is 14.2. The van der Waals surface area contributed by atoms with Crippen molar-refractivity contribution in [3.05, 3.63) is 34.9 Å². The molecule has 0 aliphatic rings. The molecule has 0 N–H and O–H groups in total. The van der Waals surface area contributed by atoms with Gasteiger partial charge in [0.25, 0.3) is 0 Å². The quantitative estimate of drug-likeness (QED) is 0.748. The Bertz CT molecular complexity index is 439. The van der Waals surface area contributed by atoms with Crippen molar-refractivity contribution < 1.29 is 23.8 Å². The molecule has 0 heterocycles. The summed E-state index contributed by atoms with van der Waals surface area (Å²) in [6.07, 6.45) is 0. The van der Waals surface area contributed by atoms with Gasteiger partial charge in [-0.25, -0.2) is 9.59 Å². The zero-order chi connectivity index (χ0) is 13.5. The molecular formula is C13H16O5. The third kappa shape index (κ3) is 3.30. The van der Waals surface area contributed by atoms with Crippen molar-refractivity contribution in [3.63, 3.8) is 0 Å². The molecule has 0 saturated carbocycles. The van der Waals surface area contributed by atoms with E-state index < -0.39 is 11.9 Å². The summed E-state index contributed by atoms with van der Waals surface area (Å²) in [5, 5.41) is 0. The van der Waals surface area contributed by atoms with Crippen LogP contribution < -0.4 is 0 Å². The van der Waals surface area contributed by atoms with Crippen LogP contribution in [0.3, 0.4) is 0 Å². The van der Waals surface area contributed by atoms with E-state index in [1.54, 1.807) is 6.07 Å². The Kier molecular flexibility index (Phi) is 5.32. The number of ether oxygens (including phenoxy) is 3. The summed E-state index contributed by atoms with van der Waals surface area (Å²) < 4.78 is 14.6. The smallest absolute Gasteiger partial charge is 0.338 e. The van der Waals surface area contributed by atoms with Crippen LogP contribution in [0.15, 0.2) is 18.2 Å². The maximum Gasteiger partial charge on any atom is 0.338 e. The largest absolute Gasteiger partial charge is 0.465 e. The molecule has 1 aromatic rings. The summed E-state index contributed by atoms with van der Waals surface area (Å²) in [5.41, 5.74) is 1.37. The van der Waals surface area contributed by atoms with E-state index >= 15 is 0 Å². The number of hydrogen-bond acceptors (Lipinski definition) is 5. The van der Waals surface area contributed by atoms with E-state index in [9.17, 15) is 9.59 Å². The first-order valence-electron chi connectivity index (χ1n) is 5.51. The van der Waals surface area contributed by atoms with Gasteiger partial charge in [-0.1, -0.05) is 0 Å². The van der Waals surface area contributed by atoms with Gasteiger partial charge in [-0.3, -0.25) is 0 Å². The summed E-state index contributed by atoms with van der Waals surface area (Å²) in [6, 6.07) is 4.63. The molecule has 0 unspecified atom stereocenters. The third-order valence-electron chi connectivity index (χ3n) is 2.39. The molecule has 98 valence electrons. The van der Waals surface area contributed by atoms with Gasteiger partial charge in [-0.05, 0) is 30.7 Å². The van der Waals surface area contributed by atoms with Gasteiger partial charge in [-0.2, -0.15) is 0 Å². The second kappa shape index (κ2) is 6.76. The summed E-state index contributed by atoms with van der Waals surface area (Å²) in [6.45, 7) is 2.61. The average Bonchev–Trinajstić information content (AvgIpc) is 2.42. The summed E-state index contributed by atoms with van der Waals surface area (Å²) in [5.74, 6) is -0.912. The highest BCUT2D eigenvalue weighted by atomic mass is 16.5. The minimum Gasteiger partial charge on any atom is -0.465 e. The molecule has 0 saturated heterocycles. The van der Waals surface area contributed by atoms with Gasteiger partial charge in [0.1, 0.15) is 0 Å². The number of carbonyl (C=O) groups excluding carboxylic acids is 2. The van der Waals surface area contributed by atoms with E-state index in [1.807, 2.05) is 6.92 Å². The zero-order valence-corrected chi connectivity index (χ0v) is 10.7. The highest BCUT2D eigenvalue weighted by Crippen LogP contribution is 2.15. The van der Waals surface area contributed by atoms with Crippen molar-refractivity contribution in [2.75, 3.05) is 20.8 Å². The summed E-state index contributed by atoms with van der Waals surface area (Å²) >= 11 is 0. The van der Waals surface area contributed by atoms with E-state index in [0.717, 1.165) is 0 Å². The zero-order valence-electron chi connectivity index (χ0n) is 10.7. The SMILES string of the molecule is CCOCc1cc(C(=O)OC)ccc1C(=O)OC. The fourth-order valence-electron chi connectivity index (χ4n) is 1.48. The summed E-state index contributed by atoms with van der Waals surface area (Å²) in [4.78, 5) is 23.0. The lowest BCUT2D eigenvalue weighted by molar-refractivity contribution is 0.0580. The lowest BCUT2D eigenvalue weighted by Gasteiger charge is -2.09. The van der Waals surface area contributed by atoms with Gasteiger partial charge in [0.05, 0.1) is 32.0 Å². The topological polar surface area (TPSA) is 61.8 Å². The minimum absolute atomic E-state index is 0.242. The van der Waals surface area contributed by atoms with Crippen LogP contribution in [0.5, 0.6) is 0 Å². The van der Waals surface area contributed by atoms with Crippen LogP contribution in [0.1, 0.15) is 33.2 Å². The number of esters is 2. The Morgan fingerprint density at radius 1 is 1.11 bits per heavy atom. The van der Waals surface area contributed by atoms with Crippen LogP contribution in [0.25, 0.3) is 0 Å². The van der Waals surface area contributed by atoms with Crippen molar-refractivity contribution in [2.45, 2.75) is 13.5 Å². The molecule has 0 bridgehead atoms. The van der Waals surface area contributed by atoms with E-state index in [0.29, 0.717) is 23.3 Å². The molecule has 0 radical (unpaired) electrons. The second-order valence-electron chi connectivity index (χ2n) is 3.49. The number of methoxy groups -OCH3 is 2. The molecule has 1 aromatic carbocycles. The molecule has 0 atom stereocenters. The maximum atomic E-state index is 11.6. The average molecular weight is 252 g/mol. The number of hydrogen-bond donors (Lipinski definition) is 0. The van der Waals surface area contributed by atoms with Crippen LogP contribution in [-0.4, -0.2) is 32.8 Å². The fraction of sp³-hybridized carbons (Fsp3) is 0.385. The lowest BCUT2D eigenvalue weighted by Crippen LogP contribution is -2.10. The van der Waals surface area contributed by atoms with Gasteiger partial charge >= 0.3 is 11.9 Å². The van der Waals surface area contributed by atoms with Crippen molar-refractivity contribution in [3.8, 4) is 0 Å². The molecule has 0 aliphatic heterocycles. The first-order chi connectivity index (χ1) is 8.63. The van der Waals surface area contributed by atoms with Crippen LogP contribution in [0, 0.1) is 0 Å². The van der Waals surface area contributed by atoms with Gasteiger partial charge < -0.3 is 14.2 Å². The Hall–Kier alpha value is -1.88. The van der Waals surface area contributed by atoms with Gasteiger partial charge in [0.2, 0.25) is 0 Å². The molecule has 0 amide bonds. The normalized spacial score (nSPS) is 9.94. The van der Waals surface area contributed by atoms with Crippen LogP contribution >= 0.6 is 0 Å². The highest BCUT2D eigenvalue weighted by Gasteiger charge is 2.15.